The summed E-state index contributed by atoms with van der Waals surface area (Å²) in [7, 11) is 0. The molecule has 22 heavy (non-hydrogen) atoms. The fourth-order valence-corrected chi connectivity index (χ4v) is 2.52. The molecule has 1 fully saturated rings. The van der Waals surface area contributed by atoms with Gasteiger partial charge in [-0.25, -0.2) is 0 Å². The van der Waals surface area contributed by atoms with E-state index in [9.17, 15) is 9.90 Å². The molecule has 0 unspecified atom stereocenters. The molecule has 1 N–H and O–H groups in total. The number of likely N-dealkylation sites (tertiary alicyclic amines) is 1. The SMILES string of the molecule is CC(C)[C@H](C(=O)N1CC(O)C1)n1nnc(-c2ccccc2)n1. The van der Waals surface area contributed by atoms with E-state index in [-0.39, 0.29) is 11.8 Å². The van der Waals surface area contributed by atoms with Gasteiger partial charge in [-0.15, -0.1) is 10.2 Å². The van der Waals surface area contributed by atoms with Crippen LogP contribution in [0.25, 0.3) is 11.4 Å². The molecular formula is C15H19N5O2. The largest absolute Gasteiger partial charge is 0.389 e. The van der Waals surface area contributed by atoms with Gasteiger partial charge in [-0.05, 0) is 11.1 Å². The Labute approximate surface area is 128 Å². The van der Waals surface area contributed by atoms with E-state index in [0.29, 0.717) is 18.9 Å². The Morgan fingerprint density at radius 2 is 1.95 bits per heavy atom. The molecule has 1 aliphatic rings. The first-order valence-electron chi connectivity index (χ1n) is 7.38. The van der Waals surface area contributed by atoms with Crippen LogP contribution in [0.5, 0.6) is 0 Å². The van der Waals surface area contributed by atoms with E-state index in [0.717, 1.165) is 5.56 Å². The number of nitrogens with zero attached hydrogens (tertiary/aromatic N) is 5. The molecule has 3 rings (SSSR count). The zero-order valence-corrected chi connectivity index (χ0v) is 12.6. The van der Waals surface area contributed by atoms with Crippen molar-refractivity contribution in [3.63, 3.8) is 0 Å². The summed E-state index contributed by atoms with van der Waals surface area (Å²) in [5.74, 6) is 0.461. The van der Waals surface area contributed by atoms with Crippen molar-refractivity contribution in [1.82, 2.24) is 25.1 Å². The highest BCUT2D eigenvalue weighted by molar-refractivity contribution is 5.81. The molecule has 116 valence electrons. The zero-order valence-electron chi connectivity index (χ0n) is 12.6. The number of aliphatic hydroxyl groups is 1. The minimum absolute atomic E-state index is 0.0306. The van der Waals surface area contributed by atoms with Gasteiger partial charge in [0.15, 0.2) is 6.04 Å². The van der Waals surface area contributed by atoms with E-state index < -0.39 is 12.1 Å². The zero-order chi connectivity index (χ0) is 15.7. The van der Waals surface area contributed by atoms with Crippen molar-refractivity contribution in [2.75, 3.05) is 13.1 Å². The Morgan fingerprint density at radius 1 is 1.27 bits per heavy atom. The molecule has 0 spiro atoms. The average Bonchev–Trinajstić information content (AvgIpc) is 2.94. The van der Waals surface area contributed by atoms with Gasteiger partial charge in [-0.2, -0.15) is 4.80 Å². The number of rotatable bonds is 4. The number of β-amino-alcohol motifs (C(OH)–C–C–N with tert-alkyl or cyclic N) is 1. The molecule has 1 amide bonds. The third-order valence-electron chi connectivity index (χ3n) is 3.77. The maximum absolute atomic E-state index is 12.5. The minimum atomic E-state index is -0.502. The van der Waals surface area contributed by atoms with Crippen LogP contribution in [0, 0.1) is 5.92 Å². The minimum Gasteiger partial charge on any atom is -0.389 e. The first kappa shape index (κ1) is 14.6. The van der Waals surface area contributed by atoms with Gasteiger partial charge >= 0.3 is 0 Å². The Hall–Kier alpha value is -2.28. The molecule has 1 aliphatic heterocycles. The molecule has 1 saturated heterocycles. The number of carbonyl (C=O) groups excluding carboxylic acids is 1. The lowest BCUT2D eigenvalue weighted by Gasteiger charge is -2.38. The van der Waals surface area contributed by atoms with E-state index in [4.69, 9.17) is 0 Å². The molecular weight excluding hydrogens is 282 g/mol. The first-order chi connectivity index (χ1) is 10.6. The number of benzene rings is 1. The van der Waals surface area contributed by atoms with Crippen molar-refractivity contribution in [3.05, 3.63) is 30.3 Å². The second kappa shape index (κ2) is 5.84. The smallest absolute Gasteiger partial charge is 0.249 e. The fraction of sp³-hybridized carbons (Fsp3) is 0.467. The van der Waals surface area contributed by atoms with Crippen molar-refractivity contribution in [2.45, 2.75) is 26.0 Å². The van der Waals surface area contributed by atoms with Crippen LogP contribution in [0.1, 0.15) is 19.9 Å². The Morgan fingerprint density at radius 3 is 2.55 bits per heavy atom. The molecule has 0 aliphatic carbocycles. The van der Waals surface area contributed by atoms with Crippen LogP contribution in [0.15, 0.2) is 30.3 Å². The van der Waals surface area contributed by atoms with Crippen molar-refractivity contribution < 1.29 is 9.90 Å². The van der Waals surface area contributed by atoms with E-state index in [2.05, 4.69) is 15.4 Å². The summed E-state index contributed by atoms with van der Waals surface area (Å²) < 4.78 is 0. The highest BCUT2D eigenvalue weighted by Crippen LogP contribution is 2.23. The van der Waals surface area contributed by atoms with Gasteiger partial charge < -0.3 is 10.0 Å². The summed E-state index contributed by atoms with van der Waals surface area (Å²) in [5.41, 5.74) is 0.864. The third kappa shape index (κ3) is 2.71. The highest BCUT2D eigenvalue weighted by Gasteiger charge is 2.37. The summed E-state index contributed by atoms with van der Waals surface area (Å²) in [4.78, 5) is 15.6. The Kier molecular flexibility index (Phi) is 3.89. The molecule has 7 heteroatoms. The maximum Gasteiger partial charge on any atom is 0.249 e. The molecule has 1 atom stereocenters. The van der Waals surface area contributed by atoms with Crippen LogP contribution in [0.4, 0.5) is 0 Å². The number of aliphatic hydroxyl groups excluding tert-OH is 1. The lowest BCUT2D eigenvalue weighted by molar-refractivity contribution is -0.147. The monoisotopic (exact) mass is 301 g/mol. The third-order valence-corrected chi connectivity index (χ3v) is 3.77. The van der Waals surface area contributed by atoms with Crippen LogP contribution in [0.3, 0.4) is 0 Å². The van der Waals surface area contributed by atoms with Crippen LogP contribution in [-0.2, 0) is 4.79 Å². The number of hydrogen-bond acceptors (Lipinski definition) is 5. The molecule has 1 aromatic carbocycles. The lowest BCUT2D eigenvalue weighted by Crippen LogP contribution is -2.56. The number of amides is 1. The average molecular weight is 301 g/mol. The Balaban J connectivity index is 1.84. The van der Waals surface area contributed by atoms with Crippen molar-refractivity contribution >= 4 is 5.91 Å². The number of tetrazole rings is 1. The predicted molar refractivity (Wildman–Crippen MR) is 79.7 cm³/mol. The van der Waals surface area contributed by atoms with Crippen molar-refractivity contribution in [3.8, 4) is 11.4 Å². The summed E-state index contributed by atoms with van der Waals surface area (Å²) >= 11 is 0. The van der Waals surface area contributed by atoms with Gasteiger partial charge in [0.25, 0.3) is 0 Å². The van der Waals surface area contributed by atoms with Crippen LogP contribution in [0.2, 0.25) is 0 Å². The van der Waals surface area contributed by atoms with E-state index in [1.165, 1.54) is 4.80 Å². The quantitative estimate of drug-likeness (QED) is 0.900. The molecule has 0 bridgehead atoms. The normalized spacial score (nSPS) is 16.6. The van der Waals surface area contributed by atoms with Crippen LogP contribution < -0.4 is 0 Å². The van der Waals surface area contributed by atoms with Crippen LogP contribution >= 0.6 is 0 Å². The predicted octanol–water partition coefficient (Wildman–Crippen LogP) is 0.740. The molecule has 2 aromatic rings. The van der Waals surface area contributed by atoms with Gasteiger partial charge in [0, 0.05) is 18.7 Å². The molecule has 0 radical (unpaired) electrons. The molecule has 1 aromatic heterocycles. The highest BCUT2D eigenvalue weighted by atomic mass is 16.3. The van der Waals surface area contributed by atoms with E-state index in [1.54, 1.807) is 4.90 Å². The second-order valence-corrected chi connectivity index (χ2v) is 5.89. The molecule has 2 heterocycles. The van der Waals surface area contributed by atoms with Gasteiger partial charge in [0.1, 0.15) is 0 Å². The summed E-state index contributed by atoms with van der Waals surface area (Å²) in [6, 6.07) is 9.03. The van der Waals surface area contributed by atoms with Gasteiger partial charge in [0.05, 0.1) is 6.10 Å². The molecule has 0 saturated carbocycles. The lowest BCUT2D eigenvalue weighted by atomic mass is 10.0. The number of hydrogen-bond donors (Lipinski definition) is 1. The Bertz CT molecular complexity index is 649. The maximum atomic E-state index is 12.5. The van der Waals surface area contributed by atoms with Gasteiger partial charge in [-0.3, -0.25) is 4.79 Å². The summed E-state index contributed by atoms with van der Waals surface area (Å²) in [5, 5.41) is 21.8. The number of aromatic nitrogens is 4. The van der Waals surface area contributed by atoms with Gasteiger partial charge in [0.2, 0.25) is 11.7 Å². The van der Waals surface area contributed by atoms with Crippen molar-refractivity contribution in [1.29, 1.82) is 0 Å². The topological polar surface area (TPSA) is 84.1 Å². The van der Waals surface area contributed by atoms with Gasteiger partial charge in [-0.1, -0.05) is 44.2 Å². The fourth-order valence-electron chi connectivity index (χ4n) is 2.52. The molecule has 7 nitrogen and oxygen atoms in total. The standard InChI is InChI=1S/C15H19N5O2/c1-10(2)13(15(22)19-8-12(21)9-19)20-17-14(16-18-20)11-6-4-3-5-7-11/h3-7,10,12-13,21H,8-9H2,1-2H3/t13-/m1/s1. The second-order valence-electron chi connectivity index (χ2n) is 5.89. The first-order valence-corrected chi connectivity index (χ1v) is 7.38. The summed E-state index contributed by atoms with van der Waals surface area (Å²) in [6.07, 6.45) is -0.416. The van der Waals surface area contributed by atoms with E-state index in [1.807, 2.05) is 44.2 Å². The van der Waals surface area contributed by atoms with Crippen LogP contribution in [-0.4, -0.2) is 55.3 Å². The van der Waals surface area contributed by atoms with E-state index >= 15 is 0 Å². The number of carbonyl (C=O) groups is 1. The van der Waals surface area contributed by atoms with Crippen molar-refractivity contribution in [2.24, 2.45) is 5.92 Å². The summed E-state index contributed by atoms with van der Waals surface area (Å²) in [6.45, 7) is 4.65.